The van der Waals surface area contributed by atoms with Gasteiger partial charge in [0.25, 0.3) is 0 Å². The summed E-state index contributed by atoms with van der Waals surface area (Å²) in [7, 11) is 0. The van der Waals surface area contributed by atoms with E-state index in [0.29, 0.717) is 13.0 Å². The van der Waals surface area contributed by atoms with Gasteiger partial charge in [0.15, 0.2) is 0 Å². The number of aromatic nitrogens is 3. The van der Waals surface area contributed by atoms with Gasteiger partial charge in [-0.25, -0.2) is 9.07 Å². The van der Waals surface area contributed by atoms with E-state index in [1.807, 2.05) is 24.3 Å². The van der Waals surface area contributed by atoms with E-state index in [1.165, 1.54) is 12.1 Å². The third kappa shape index (κ3) is 3.28. The van der Waals surface area contributed by atoms with Gasteiger partial charge in [0, 0.05) is 6.54 Å². The number of para-hydroxylation sites is 1. The van der Waals surface area contributed by atoms with Crippen LogP contribution in [-0.4, -0.2) is 27.4 Å². The summed E-state index contributed by atoms with van der Waals surface area (Å²) >= 11 is 0. The Kier molecular flexibility index (Phi) is 4.09. The lowest BCUT2D eigenvalue weighted by Crippen LogP contribution is -2.29. The summed E-state index contributed by atoms with van der Waals surface area (Å²) in [6, 6.07) is 13.8. The second kappa shape index (κ2) is 6.34. The van der Waals surface area contributed by atoms with Crippen molar-refractivity contribution in [1.29, 1.82) is 0 Å². The lowest BCUT2D eigenvalue weighted by atomic mass is 10.1. The molecule has 1 amide bonds. The summed E-state index contributed by atoms with van der Waals surface area (Å²) in [5.41, 5.74) is 2.57. The number of fused-ring (bicyclic) bond motifs is 1. The monoisotopic (exact) mass is 298 g/mol. The standard InChI is InChI=1S/C16H15FN4O/c17-13-7-5-12(6-8-13)9-10-18-16(22)11-21-15-4-2-1-3-14(15)19-20-21/h1-8H,9-11H2,(H,18,22). The zero-order valence-corrected chi connectivity index (χ0v) is 11.9. The van der Waals surface area contributed by atoms with Crippen molar-refractivity contribution < 1.29 is 9.18 Å². The summed E-state index contributed by atoms with van der Waals surface area (Å²) < 4.78 is 14.4. The molecule has 0 radical (unpaired) electrons. The number of rotatable bonds is 5. The number of amides is 1. The maximum atomic E-state index is 12.8. The predicted molar refractivity (Wildman–Crippen MR) is 80.6 cm³/mol. The Hall–Kier alpha value is -2.76. The minimum atomic E-state index is -0.258. The Balaban J connectivity index is 1.53. The van der Waals surface area contributed by atoms with E-state index < -0.39 is 0 Å². The molecule has 3 rings (SSSR count). The second-order valence-corrected chi connectivity index (χ2v) is 4.96. The fourth-order valence-corrected chi connectivity index (χ4v) is 2.22. The van der Waals surface area contributed by atoms with E-state index in [4.69, 9.17) is 0 Å². The Labute approximate surface area is 126 Å². The predicted octanol–water partition coefficient (Wildman–Crippen LogP) is 1.93. The van der Waals surface area contributed by atoms with E-state index in [0.717, 1.165) is 16.6 Å². The third-order valence-corrected chi connectivity index (χ3v) is 3.36. The summed E-state index contributed by atoms with van der Waals surface area (Å²) in [4.78, 5) is 11.9. The van der Waals surface area contributed by atoms with Crippen molar-refractivity contribution in [3.63, 3.8) is 0 Å². The average Bonchev–Trinajstić information content (AvgIpc) is 2.93. The highest BCUT2D eigenvalue weighted by atomic mass is 19.1. The van der Waals surface area contributed by atoms with Gasteiger partial charge in [-0.05, 0) is 36.2 Å². The number of benzene rings is 2. The number of nitrogens with one attached hydrogen (secondary N) is 1. The zero-order valence-electron chi connectivity index (χ0n) is 11.9. The molecule has 0 saturated heterocycles. The largest absolute Gasteiger partial charge is 0.354 e. The quantitative estimate of drug-likeness (QED) is 0.783. The Morgan fingerprint density at radius 1 is 1.14 bits per heavy atom. The number of hydrogen-bond donors (Lipinski definition) is 1. The van der Waals surface area contributed by atoms with Crippen molar-refractivity contribution >= 4 is 16.9 Å². The molecule has 0 aliphatic rings. The molecule has 0 unspecified atom stereocenters. The van der Waals surface area contributed by atoms with Crippen molar-refractivity contribution in [3.8, 4) is 0 Å². The Morgan fingerprint density at radius 2 is 1.91 bits per heavy atom. The SMILES string of the molecule is O=C(Cn1nnc2ccccc21)NCCc1ccc(F)cc1. The van der Waals surface area contributed by atoms with Crippen LogP contribution in [0.5, 0.6) is 0 Å². The third-order valence-electron chi connectivity index (χ3n) is 3.36. The maximum Gasteiger partial charge on any atom is 0.241 e. The summed E-state index contributed by atoms with van der Waals surface area (Å²) in [6.45, 7) is 0.626. The van der Waals surface area contributed by atoms with Crippen molar-refractivity contribution in [3.05, 3.63) is 59.9 Å². The highest BCUT2D eigenvalue weighted by Gasteiger charge is 2.07. The van der Waals surface area contributed by atoms with Crippen LogP contribution in [0.1, 0.15) is 5.56 Å². The highest BCUT2D eigenvalue weighted by molar-refractivity contribution is 5.79. The molecule has 0 aliphatic heterocycles. The Bertz CT molecular complexity index is 782. The zero-order chi connectivity index (χ0) is 15.4. The van der Waals surface area contributed by atoms with Crippen molar-refractivity contribution in [2.24, 2.45) is 0 Å². The minimum Gasteiger partial charge on any atom is -0.354 e. The van der Waals surface area contributed by atoms with E-state index in [2.05, 4.69) is 15.6 Å². The first-order valence-electron chi connectivity index (χ1n) is 7.02. The van der Waals surface area contributed by atoms with E-state index in [9.17, 15) is 9.18 Å². The lowest BCUT2D eigenvalue weighted by molar-refractivity contribution is -0.121. The molecule has 6 heteroatoms. The average molecular weight is 298 g/mol. The van der Waals surface area contributed by atoms with E-state index in [-0.39, 0.29) is 18.3 Å². The minimum absolute atomic E-state index is 0.127. The van der Waals surface area contributed by atoms with Crippen molar-refractivity contribution in [2.45, 2.75) is 13.0 Å². The molecule has 1 aromatic heterocycles. The van der Waals surface area contributed by atoms with Gasteiger partial charge in [-0.1, -0.05) is 29.5 Å². The van der Waals surface area contributed by atoms with Crippen LogP contribution < -0.4 is 5.32 Å². The van der Waals surface area contributed by atoms with E-state index in [1.54, 1.807) is 16.8 Å². The number of nitrogens with zero attached hydrogens (tertiary/aromatic N) is 3. The lowest BCUT2D eigenvalue weighted by Gasteiger charge is -2.06. The molecule has 22 heavy (non-hydrogen) atoms. The number of halogens is 1. The van der Waals surface area contributed by atoms with Gasteiger partial charge in [-0.3, -0.25) is 4.79 Å². The smallest absolute Gasteiger partial charge is 0.241 e. The van der Waals surface area contributed by atoms with Gasteiger partial charge in [-0.15, -0.1) is 5.10 Å². The number of carbonyl (C=O) groups excluding carboxylic acids is 1. The normalized spacial score (nSPS) is 10.8. The van der Waals surface area contributed by atoms with Gasteiger partial charge in [0.05, 0.1) is 5.52 Å². The molecular formula is C16H15FN4O. The molecule has 5 nitrogen and oxygen atoms in total. The second-order valence-electron chi connectivity index (χ2n) is 4.96. The van der Waals surface area contributed by atoms with Crippen LogP contribution in [0, 0.1) is 5.82 Å². The van der Waals surface area contributed by atoms with Crippen LogP contribution in [0.15, 0.2) is 48.5 Å². The number of carbonyl (C=O) groups is 1. The van der Waals surface area contributed by atoms with Crippen molar-refractivity contribution in [2.75, 3.05) is 6.54 Å². The first kappa shape index (κ1) is 14.2. The molecule has 1 N–H and O–H groups in total. The van der Waals surface area contributed by atoms with E-state index >= 15 is 0 Å². The van der Waals surface area contributed by atoms with Gasteiger partial charge < -0.3 is 5.32 Å². The summed E-state index contributed by atoms with van der Waals surface area (Å²) in [5.74, 6) is -0.386. The molecule has 0 aliphatic carbocycles. The number of hydrogen-bond acceptors (Lipinski definition) is 3. The van der Waals surface area contributed by atoms with Crippen LogP contribution in [0.25, 0.3) is 11.0 Å². The maximum absolute atomic E-state index is 12.8. The molecule has 0 spiro atoms. The topological polar surface area (TPSA) is 59.8 Å². The van der Waals surface area contributed by atoms with Crippen LogP contribution in [0.2, 0.25) is 0 Å². The van der Waals surface area contributed by atoms with Gasteiger partial charge >= 0.3 is 0 Å². The summed E-state index contributed by atoms with van der Waals surface area (Å²) in [6.07, 6.45) is 0.657. The fourth-order valence-electron chi connectivity index (χ4n) is 2.22. The summed E-state index contributed by atoms with van der Waals surface area (Å²) in [5, 5.41) is 10.8. The molecule has 1 heterocycles. The van der Waals surface area contributed by atoms with Crippen LogP contribution in [0.3, 0.4) is 0 Å². The van der Waals surface area contributed by atoms with Gasteiger partial charge in [0.1, 0.15) is 17.9 Å². The Morgan fingerprint density at radius 3 is 2.73 bits per heavy atom. The molecule has 3 aromatic rings. The molecule has 0 bridgehead atoms. The van der Waals surface area contributed by atoms with Crippen LogP contribution in [-0.2, 0) is 17.8 Å². The first-order chi connectivity index (χ1) is 10.7. The molecule has 0 fully saturated rings. The van der Waals surface area contributed by atoms with Gasteiger partial charge in [-0.2, -0.15) is 0 Å². The molecule has 0 saturated carbocycles. The van der Waals surface area contributed by atoms with Crippen molar-refractivity contribution in [1.82, 2.24) is 20.3 Å². The highest BCUT2D eigenvalue weighted by Crippen LogP contribution is 2.09. The molecule has 2 aromatic carbocycles. The fraction of sp³-hybridized carbons (Fsp3) is 0.188. The molecule has 0 atom stereocenters. The van der Waals surface area contributed by atoms with Crippen LogP contribution >= 0.6 is 0 Å². The van der Waals surface area contributed by atoms with Gasteiger partial charge in [0.2, 0.25) is 5.91 Å². The van der Waals surface area contributed by atoms with Crippen LogP contribution in [0.4, 0.5) is 4.39 Å². The molecule has 112 valence electrons. The molecular weight excluding hydrogens is 283 g/mol. The first-order valence-corrected chi connectivity index (χ1v) is 7.02.